The Bertz CT molecular complexity index is 640. The molecule has 0 unspecified atom stereocenters. The molecule has 0 atom stereocenters. The van der Waals surface area contributed by atoms with E-state index in [9.17, 15) is 4.79 Å². The summed E-state index contributed by atoms with van der Waals surface area (Å²) in [6.07, 6.45) is 0. The molecule has 0 radical (unpaired) electrons. The molecule has 4 nitrogen and oxygen atoms in total. The second kappa shape index (κ2) is 5.87. The molecule has 0 saturated heterocycles. The number of fused-ring (bicyclic) bond motifs is 1. The molecule has 3 rings (SSSR count). The summed E-state index contributed by atoms with van der Waals surface area (Å²) >= 11 is 0. The summed E-state index contributed by atoms with van der Waals surface area (Å²) in [4.78, 5) is 13.3. The summed E-state index contributed by atoms with van der Waals surface area (Å²) in [6.45, 7) is 3.68. The van der Waals surface area contributed by atoms with Gasteiger partial charge in [-0.1, -0.05) is 30.3 Å². The summed E-state index contributed by atoms with van der Waals surface area (Å²) in [5.41, 5.74) is 2.20. The highest BCUT2D eigenvalue weighted by atomic mass is 16.5. The lowest BCUT2D eigenvalue weighted by atomic mass is 10.1. The largest absolute Gasteiger partial charge is 0.490 e. The smallest absolute Gasteiger partial charge is 0.308 e. The Kier molecular flexibility index (Phi) is 3.77. The quantitative estimate of drug-likeness (QED) is 0.641. The molecule has 2 aromatic rings. The number of rotatable bonds is 3. The number of esters is 1. The van der Waals surface area contributed by atoms with Crippen molar-refractivity contribution in [2.75, 3.05) is 18.1 Å². The predicted octanol–water partition coefficient (Wildman–Crippen LogP) is 3.01. The molecule has 21 heavy (non-hydrogen) atoms. The van der Waals surface area contributed by atoms with Crippen LogP contribution in [0.4, 0.5) is 5.69 Å². The van der Waals surface area contributed by atoms with Crippen molar-refractivity contribution in [1.82, 2.24) is 0 Å². The van der Waals surface area contributed by atoms with E-state index in [0.717, 1.165) is 24.5 Å². The van der Waals surface area contributed by atoms with Gasteiger partial charge < -0.3 is 14.4 Å². The maximum atomic E-state index is 11.1. The predicted molar refractivity (Wildman–Crippen MR) is 80.7 cm³/mol. The second-order valence-corrected chi connectivity index (χ2v) is 4.98. The van der Waals surface area contributed by atoms with Crippen LogP contribution in [0.3, 0.4) is 0 Å². The molecule has 4 heteroatoms. The Morgan fingerprint density at radius 2 is 2.05 bits per heavy atom. The Morgan fingerprint density at radius 3 is 2.81 bits per heavy atom. The number of carbonyl (C=O) groups is 1. The third kappa shape index (κ3) is 3.16. The van der Waals surface area contributed by atoms with E-state index in [4.69, 9.17) is 9.47 Å². The fraction of sp³-hybridized carbons (Fsp3) is 0.235. The van der Waals surface area contributed by atoms with Crippen molar-refractivity contribution < 1.29 is 14.3 Å². The second-order valence-electron chi connectivity index (χ2n) is 4.98. The topological polar surface area (TPSA) is 38.8 Å². The van der Waals surface area contributed by atoms with Gasteiger partial charge >= 0.3 is 5.97 Å². The monoisotopic (exact) mass is 283 g/mol. The molecule has 0 saturated carbocycles. The van der Waals surface area contributed by atoms with Crippen LogP contribution >= 0.6 is 0 Å². The summed E-state index contributed by atoms with van der Waals surface area (Å²) in [5, 5.41) is 0. The minimum atomic E-state index is -0.318. The van der Waals surface area contributed by atoms with E-state index >= 15 is 0 Å². The summed E-state index contributed by atoms with van der Waals surface area (Å²) in [6, 6.07) is 15.7. The highest BCUT2D eigenvalue weighted by Gasteiger charge is 2.19. The maximum absolute atomic E-state index is 11.1. The van der Waals surface area contributed by atoms with Crippen molar-refractivity contribution in [3.8, 4) is 11.5 Å². The van der Waals surface area contributed by atoms with Crippen molar-refractivity contribution in [2.24, 2.45) is 0 Å². The van der Waals surface area contributed by atoms with Crippen molar-refractivity contribution in [1.29, 1.82) is 0 Å². The van der Waals surface area contributed by atoms with Crippen LogP contribution in [0.2, 0.25) is 0 Å². The van der Waals surface area contributed by atoms with Gasteiger partial charge in [-0.2, -0.15) is 0 Å². The zero-order valence-electron chi connectivity index (χ0n) is 11.9. The fourth-order valence-electron chi connectivity index (χ4n) is 2.45. The molecule has 0 bridgehead atoms. The van der Waals surface area contributed by atoms with Gasteiger partial charge in [0, 0.05) is 19.5 Å². The van der Waals surface area contributed by atoms with Crippen molar-refractivity contribution in [2.45, 2.75) is 13.5 Å². The molecular weight excluding hydrogens is 266 g/mol. The van der Waals surface area contributed by atoms with Crippen LogP contribution in [-0.4, -0.2) is 19.1 Å². The van der Waals surface area contributed by atoms with Crippen LogP contribution in [0.15, 0.2) is 48.5 Å². The first-order chi connectivity index (χ1) is 10.2. The number of ether oxygens (including phenoxy) is 2. The SMILES string of the molecule is CC(=O)Oc1ccc2c(c1)N(Cc1ccccc1)CCO2. The van der Waals surface area contributed by atoms with Gasteiger partial charge in [-0.25, -0.2) is 0 Å². The molecule has 1 aliphatic rings. The van der Waals surface area contributed by atoms with Crippen LogP contribution in [0, 0.1) is 0 Å². The molecule has 0 amide bonds. The van der Waals surface area contributed by atoms with Gasteiger partial charge in [0.2, 0.25) is 0 Å². The van der Waals surface area contributed by atoms with Gasteiger partial charge in [-0.15, -0.1) is 0 Å². The number of carbonyl (C=O) groups excluding carboxylic acids is 1. The van der Waals surface area contributed by atoms with Crippen molar-refractivity contribution >= 4 is 11.7 Å². The van der Waals surface area contributed by atoms with Gasteiger partial charge in [0.25, 0.3) is 0 Å². The van der Waals surface area contributed by atoms with Gasteiger partial charge in [0.15, 0.2) is 0 Å². The Balaban J connectivity index is 1.87. The molecule has 0 N–H and O–H groups in total. The minimum absolute atomic E-state index is 0.318. The lowest BCUT2D eigenvalue weighted by molar-refractivity contribution is -0.131. The first-order valence-corrected chi connectivity index (χ1v) is 6.96. The van der Waals surface area contributed by atoms with E-state index in [1.54, 1.807) is 6.07 Å². The van der Waals surface area contributed by atoms with Crippen molar-refractivity contribution in [3.05, 3.63) is 54.1 Å². The number of hydrogen-bond donors (Lipinski definition) is 0. The first kappa shape index (κ1) is 13.5. The lowest BCUT2D eigenvalue weighted by Gasteiger charge is -2.31. The van der Waals surface area contributed by atoms with Crippen LogP contribution in [0.25, 0.3) is 0 Å². The molecule has 1 heterocycles. The third-order valence-electron chi connectivity index (χ3n) is 3.37. The van der Waals surface area contributed by atoms with E-state index in [0.29, 0.717) is 12.4 Å². The molecule has 0 aliphatic carbocycles. The normalized spacial score (nSPS) is 13.3. The summed E-state index contributed by atoms with van der Waals surface area (Å²) in [7, 11) is 0. The molecule has 2 aromatic carbocycles. The van der Waals surface area contributed by atoms with Crippen LogP contribution in [0.5, 0.6) is 11.5 Å². The standard InChI is InChI=1S/C17H17NO3/c1-13(19)21-15-7-8-17-16(11-15)18(9-10-20-17)12-14-5-3-2-4-6-14/h2-8,11H,9-10,12H2,1H3. The zero-order valence-corrected chi connectivity index (χ0v) is 11.9. The van der Waals surface area contributed by atoms with E-state index < -0.39 is 0 Å². The lowest BCUT2D eigenvalue weighted by Crippen LogP contribution is -2.32. The number of anilines is 1. The van der Waals surface area contributed by atoms with Gasteiger partial charge in [0.1, 0.15) is 18.1 Å². The Labute approximate surface area is 123 Å². The summed E-state index contributed by atoms with van der Waals surface area (Å²) in [5.74, 6) is 1.05. The van der Waals surface area contributed by atoms with Gasteiger partial charge in [-0.05, 0) is 17.7 Å². The third-order valence-corrected chi connectivity index (χ3v) is 3.37. The molecule has 0 fully saturated rings. The highest BCUT2D eigenvalue weighted by Crippen LogP contribution is 2.35. The minimum Gasteiger partial charge on any atom is -0.490 e. The maximum Gasteiger partial charge on any atom is 0.308 e. The fourth-order valence-corrected chi connectivity index (χ4v) is 2.45. The van der Waals surface area contributed by atoms with Gasteiger partial charge in [-0.3, -0.25) is 4.79 Å². The molecule has 1 aliphatic heterocycles. The first-order valence-electron chi connectivity index (χ1n) is 6.96. The van der Waals surface area contributed by atoms with Crippen LogP contribution < -0.4 is 14.4 Å². The van der Waals surface area contributed by atoms with E-state index in [-0.39, 0.29) is 5.97 Å². The van der Waals surface area contributed by atoms with Crippen molar-refractivity contribution in [3.63, 3.8) is 0 Å². The average molecular weight is 283 g/mol. The molecule has 0 aromatic heterocycles. The van der Waals surface area contributed by atoms with E-state index in [1.165, 1.54) is 12.5 Å². The summed E-state index contributed by atoms with van der Waals surface area (Å²) < 4.78 is 10.8. The molecule has 108 valence electrons. The van der Waals surface area contributed by atoms with Crippen LogP contribution in [0.1, 0.15) is 12.5 Å². The number of nitrogens with zero attached hydrogens (tertiary/aromatic N) is 1. The van der Waals surface area contributed by atoms with Gasteiger partial charge in [0.05, 0.1) is 12.2 Å². The average Bonchev–Trinajstić information content (AvgIpc) is 2.48. The number of benzene rings is 2. The number of hydrogen-bond acceptors (Lipinski definition) is 4. The zero-order chi connectivity index (χ0) is 14.7. The van der Waals surface area contributed by atoms with Crippen LogP contribution in [-0.2, 0) is 11.3 Å². The molecular formula is C17H17NO3. The Hall–Kier alpha value is -2.49. The van der Waals surface area contributed by atoms with E-state index in [2.05, 4.69) is 17.0 Å². The highest BCUT2D eigenvalue weighted by molar-refractivity contribution is 5.71. The Morgan fingerprint density at radius 1 is 1.24 bits per heavy atom. The van der Waals surface area contributed by atoms with E-state index in [1.807, 2.05) is 30.3 Å². The molecule has 0 spiro atoms.